The van der Waals surface area contributed by atoms with Gasteiger partial charge < -0.3 is 4.74 Å². The second-order valence-electron chi connectivity index (χ2n) is 6.38. The summed E-state index contributed by atoms with van der Waals surface area (Å²) in [5, 5.41) is 10.9. The maximum atomic E-state index is 13.4. The van der Waals surface area contributed by atoms with Crippen LogP contribution < -0.4 is 14.4 Å². The van der Waals surface area contributed by atoms with Crippen LogP contribution in [0.3, 0.4) is 0 Å². The van der Waals surface area contributed by atoms with E-state index >= 15 is 0 Å². The summed E-state index contributed by atoms with van der Waals surface area (Å²) in [4.78, 5) is 12.8. The van der Waals surface area contributed by atoms with E-state index in [-0.39, 0.29) is 4.90 Å². The van der Waals surface area contributed by atoms with E-state index in [2.05, 4.69) is 15.5 Å². The minimum atomic E-state index is -3.99. The largest absolute Gasteiger partial charge is 0.497 e. The van der Waals surface area contributed by atoms with Gasteiger partial charge in [0, 0.05) is 0 Å². The zero-order valence-corrected chi connectivity index (χ0v) is 19.7. The number of nitrogens with zero attached hydrogens (tertiary/aromatic N) is 3. The molecule has 1 amide bonds. The Kier molecular flexibility index (Phi) is 7.52. The molecule has 0 bridgehead atoms. The minimum Gasteiger partial charge on any atom is -0.497 e. The molecule has 0 spiro atoms. The summed E-state index contributed by atoms with van der Waals surface area (Å²) in [5.74, 6) is 0.897. The van der Waals surface area contributed by atoms with Gasteiger partial charge in [-0.2, -0.15) is 0 Å². The third kappa shape index (κ3) is 5.75. The zero-order valence-electron chi connectivity index (χ0n) is 17.2. The van der Waals surface area contributed by atoms with Gasteiger partial charge in [0.15, 0.2) is 4.34 Å². The maximum absolute atomic E-state index is 13.4. The Morgan fingerprint density at radius 2 is 1.81 bits per heavy atom. The average Bonchev–Trinajstić information content (AvgIpc) is 3.19. The number of hydrogen-bond acceptors (Lipinski definition) is 8. The first kappa shape index (κ1) is 23.0. The summed E-state index contributed by atoms with van der Waals surface area (Å²) >= 11 is 2.76. The molecule has 0 saturated heterocycles. The topological polar surface area (TPSA) is 101 Å². The van der Waals surface area contributed by atoms with Crippen molar-refractivity contribution in [1.82, 2.24) is 10.2 Å². The zero-order chi connectivity index (χ0) is 22.4. The molecule has 2 aromatic carbocycles. The van der Waals surface area contributed by atoms with Gasteiger partial charge in [-0.15, -0.1) is 10.2 Å². The van der Waals surface area contributed by atoms with Gasteiger partial charge in [0.1, 0.15) is 12.3 Å². The first-order chi connectivity index (χ1) is 14.8. The van der Waals surface area contributed by atoms with Gasteiger partial charge in [-0.3, -0.25) is 14.4 Å². The number of aryl methyl sites for hydroxylation is 1. The van der Waals surface area contributed by atoms with Crippen molar-refractivity contribution in [2.45, 2.75) is 23.1 Å². The van der Waals surface area contributed by atoms with Gasteiger partial charge in [-0.25, -0.2) is 8.42 Å². The van der Waals surface area contributed by atoms with E-state index in [1.165, 1.54) is 42.3 Å². The van der Waals surface area contributed by atoms with Crippen LogP contribution in [0.2, 0.25) is 0 Å². The number of ether oxygens (including phenoxy) is 1. The molecule has 0 fully saturated rings. The number of sulfonamides is 1. The maximum Gasteiger partial charge on any atom is 0.264 e. The molecule has 0 aliphatic rings. The van der Waals surface area contributed by atoms with Crippen molar-refractivity contribution in [3.05, 3.63) is 54.1 Å². The molecule has 1 aromatic heterocycles. The number of methoxy groups -OCH3 is 1. The lowest BCUT2D eigenvalue weighted by molar-refractivity contribution is -0.114. The molecule has 0 atom stereocenters. The van der Waals surface area contributed by atoms with Gasteiger partial charge >= 0.3 is 0 Å². The van der Waals surface area contributed by atoms with Crippen molar-refractivity contribution in [3.63, 3.8) is 0 Å². The molecule has 0 aliphatic carbocycles. The summed E-state index contributed by atoms with van der Waals surface area (Å²) in [5.41, 5.74) is 1.28. The molecule has 1 N–H and O–H groups in total. The van der Waals surface area contributed by atoms with Crippen LogP contribution in [0, 0.1) is 6.92 Å². The quantitative estimate of drug-likeness (QED) is 0.369. The van der Waals surface area contributed by atoms with Crippen molar-refractivity contribution in [2.24, 2.45) is 0 Å². The summed E-state index contributed by atoms with van der Waals surface area (Å²) < 4.78 is 33.7. The Morgan fingerprint density at radius 1 is 1.13 bits per heavy atom. The fraction of sp³-hybridized carbons (Fsp3) is 0.250. The number of amides is 1. The van der Waals surface area contributed by atoms with Crippen molar-refractivity contribution in [2.75, 3.05) is 29.0 Å². The first-order valence-corrected chi connectivity index (χ1v) is 12.6. The number of carbonyl (C=O) groups is 1. The van der Waals surface area contributed by atoms with E-state index in [0.717, 1.165) is 20.0 Å². The Balaban J connectivity index is 1.89. The lowest BCUT2D eigenvalue weighted by Crippen LogP contribution is -2.38. The van der Waals surface area contributed by atoms with E-state index < -0.39 is 22.5 Å². The molecule has 0 saturated carbocycles. The lowest BCUT2D eigenvalue weighted by Gasteiger charge is -2.24. The Morgan fingerprint density at radius 3 is 2.42 bits per heavy atom. The number of carbonyl (C=O) groups excluding carboxylic acids is 1. The summed E-state index contributed by atoms with van der Waals surface area (Å²) in [6.45, 7) is 3.45. The highest BCUT2D eigenvalue weighted by Crippen LogP contribution is 2.27. The van der Waals surface area contributed by atoms with Crippen LogP contribution in [0.15, 0.2) is 57.8 Å². The summed E-state index contributed by atoms with van der Waals surface area (Å²) in [6, 6.07) is 13.0. The fourth-order valence-corrected chi connectivity index (χ4v) is 5.72. The highest BCUT2D eigenvalue weighted by molar-refractivity contribution is 8.01. The van der Waals surface area contributed by atoms with Crippen LogP contribution in [0.5, 0.6) is 5.75 Å². The van der Waals surface area contributed by atoms with E-state index in [1.807, 2.05) is 13.8 Å². The fourth-order valence-electron chi connectivity index (χ4n) is 2.63. The third-order valence-corrected chi connectivity index (χ3v) is 7.82. The predicted molar refractivity (Wildman–Crippen MR) is 124 cm³/mol. The number of thioether (sulfide) groups is 1. The smallest absolute Gasteiger partial charge is 0.264 e. The molecule has 1 heterocycles. The number of nitrogens with one attached hydrogen (secondary N) is 1. The molecule has 8 nitrogen and oxygen atoms in total. The highest BCUT2D eigenvalue weighted by atomic mass is 32.2. The molecule has 3 aromatic rings. The first-order valence-electron chi connectivity index (χ1n) is 9.33. The molecule has 0 aliphatic heterocycles. The van der Waals surface area contributed by atoms with Crippen molar-refractivity contribution in [3.8, 4) is 5.75 Å². The van der Waals surface area contributed by atoms with E-state index in [9.17, 15) is 13.2 Å². The highest BCUT2D eigenvalue weighted by Gasteiger charge is 2.27. The molecule has 11 heteroatoms. The Labute approximate surface area is 189 Å². The Hall–Kier alpha value is -2.63. The Bertz CT molecular complexity index is 1130. The number of aromatic nitrogens is 2. The molecule has 31 heavy (non-hydrogen) atoms. The van der Waals surface area contributed by atoms with Crippen LogP contribution >= 0.6 is 23.1 Å². The predicted octanol–water partition coefficient (Wildman–Crippen LogP) is 3.80. The van der Waals surface area contributed by atoms with Crippen LogP contribution in [-0.4, -0.2) is 43.9 Å². The average molecular weight is 479 g/mol. The monoisotopic (exact) mass is 478 g/mol. The molecule has 0 unspecified atom stereocenters. The molecule has 164 valence electrons. The normalized spacial score (nSPS) is 11.2. The minimum absolute atomic E-state index is 0.0965. The summed E-state index contributed by atoms with van der Waals surface area (Å²) in [6.07, 6.45) is 0. The van der Waals surface area contributed by atoms with Crippen LogP contribution in [0.25, 0.3) is 0 Å². The van der Waals surface area contributed by atoms with E-state index in [0.29, 0.717) is 16.6 Å². The van der Waals surface area contributed by atoms with Gasteiger partial charge in [-0.05, 0) is 49.1 Å². The molecule has 0 radical (unpaired) electrons. The van der Waals surface area contributed by atoms with Gasteiger partial charge in [0.25, 0.3) is 10.0 Å². The van der Waals surface area contributed by atoms with Gasteiger partial charge in [0.2, 0.25) is 11.0 Å². The lowest BCUT2D eigenvalue weighted by atomic mass is 10.2. The standard InChI is InChI=1S/C20H22N4O4S3/c1-4-29-20-23-22-19(30-20)21-18(25)13-24(15-7-9-16(28-3)10-8-15)31(26,27)17-11-5-14(2)6-12-17/h5-12H,4,13H2,1-3H3,(H,21,22,25). The van der Waals surface area contributed by atoms with Crippen molar-refractivity contribution < 1.29 is 17.9 Å². The molecule has 3 rings (SSSR count). The SMILES string of the molecule is CCSc1nnc(NC(=O)CN(c2ccc(OC)cc2)S(=O)(=O)c2ccc(C)cc2)s1. The molecular formula is C20H22N4O4S3. The van der Waals surface area contributed by atoms with Crippen molar-refractivity contribution >= 4 is 49.8 Å². The summed E-state index contributed by atoms with van der Waals surface area (Å²) in [7, 11) is -2.46. The number of anilines is 2. The van der Waals surface area contributed by atoms with E-state index in [1.54, 1.807) is 36.4 Å². The van der Waals surface area contributed by atoms with Crippen molar-refractivity contribution in [1.29, 1.82) is 0 Å². The third-order valence-electron chi connectivity index (χ3n) is 4.18. The van der Waals surface area contributed by atoms with Crippen LogP contribution in [0.4, 0.5) is 10.8 Å². The van der Waals surface area contributed by atoms with Crippen LogP contribution in [0.1, 0.15) is 12.5 Å². The molecular weight excluding hydrogens is 456 g/mol. The number of rotatable bonds is 9. The van der Waals surface area contributed by atoms with Gasteiger partial charge in [0.05, 0.1) is 17.7 Å². The van der Waals surface area contributed by atoms with Crippen LogP contribution in [-0.2, 0) is 14.8 Å². The van der Waals surface area contributed by atoms with E-state index in [4.69, 9.17) is 4.74 Å². The number of hydrogen-bond donors (Lipinski definition) is 1. The second kappa shape index (κ2) is 10.1. The van der Waals surface area contributed by atoms with Gasteiger partial charge in [-0.1, -0.05) is 47.7 Å². The second-order valence-corrected chi connectivity index (χ2v) is 10.7. The number of benzene rings is 2.